The molecule has 0 radical (unpaired) electrons. The van der Waals surface area contributed by atoms with Gasteiger partial charge in [-0.25, -0.2) is 9.38 Å². The van der Waals surface area contributed by atoms with E-state index in [1.54, 1.807) is 30.3 Å². The van der Waals surface area contributed by atoms with Crippen LogP contribution >= 0.6 is 23.4 Å². The highest BCUT2D eigenvalue weighted by Gasteiger charge is 2.24. The number of carbonyl (C=O) groups excluding carboxylic acids is 1. The zero-order valence-electron chi connectivity index (χ0n) is 18.6. The van der Waals surface area contributed by atoms with Crippen molar-refractivity contribution in [3.8, 4) is 11.5 Å². The summed E-state index contributed by atoms with van der Waals surface area (Å²) >= 11 is 7.27. The monoisotopic (exact) mass is 496 g/mol. The van der Waals surface area contributed by atoms with Crippen molar-refractivity contribution in [2.75, 3.05) is 6.61 Å². The van der Waals surface area contributed by atoms with Crippen LogP contribution in [0.4, 0.5) is 10.1 Å². The fourth-order valence-corrected chi connectivity index (χ4v) is 4.34. The summed E-state index contributed by atoms with van der Waals surface area (Å²) in [5.74, 6) is 0.550. The molecule has 1 fully saturated rings. The molecule has 1 aliphatic rings. The Morgan fingerprint density at radius 2 is 1.94 bits per heavy atom. The van der Waals surface area contributed by atoms with Gasteiger partial charge in [0.25, 0.3) is 5.91 Å². The number of aryl methyl sites for hydroxylation is 1. The maximum absolute atomic E-state index is 13.4. The maximum Gasteiger partial charge on any atom is 0.264 e. The van der Waals surface area contributed by atoms with Gasteiger partial charge in [-0.05, 0) is 90.8 Å². The van der Waals surface area contributed by atoms with Crippen molar-refractivity contribution >= 4 is 46.2 Å². The second-order valence-corrected chi connectivity index (χ2v) is 8.94. The molecule has 0 spiro atoms. The van der Waals surface area contributed by atoms with Gasteiger partial charge >= 0.3 is 0 Å². The number of benzene rings is 3. The van der Waals surface area contributed by atoms with Gasteiger partial charge < -0.3 is 14.8 Å². The van der Waals surface area contributed by atoms with E-state index in [0.717, 1.165) is 22.4 Å². The lowest BCUT2D eigenvalue weighted by molar-refractivity contribution is -0.115. The van der Waals surface area contributed by atoms with Crippen LogP contribution in [0.5, 0.6) is 11.5 Å². The van der Waals surface area contributed by atoms with Crippen molar-refractivity contribution in [3.63, 3.8) is 0 Å². The van der Waals surface area contributed by atoms with E-state index in [0.29, 0.717) is 33.2 Å². The largest absolute Gasteiger partial charge is 0.490 e. The minimum Gasteiger partial charge on any atom is -0.490 e. The minimum atomic E-state index is -0.311. The number of amides is 1. The molecule has 1 heterocycles. The van der Waals surface area contributed by atoms with Gasteiger partial charge in [-0.2, -0.15) is 0 Å². The average molecular weight is 497 g/mol. The molecular formula is C26H22ClFN2O3S. The number of halogens is 2. The number of ether oxygens (including phenoxy) is 2. The summed E-state index contributed by atoms with van der Waals surface area (Å²) in [4.78, 5) is 17.5. The van der Waals surface area contributed by atoms with Crippen molar-refractivity contribution in [2.24, 2.45) is 4.99 Å². The van der Waals surface area contributed by atoms with Gasteiger partial charge in [0, 0.05) is 5.02 Å². The molecule has 5 nitrogen and oxygen atoms in total. The first-order valence-electron chi connectivity index (χ1n) is 10.6. The zero-order chi connectivity index (χ0) is 24.1. The molecule has 1 saturated heterocycles. The SMILES string of the molecule is CCOc1cc(/C=C2\SC(=Nc3ccc(Cl)cc3C)NC2=O)ccc1OCc1cccc(F)c1. The van der Waals surface area contributed by atoms with Crippen LogP contribution < -0.4 is 14.8 Å². The van der Waals surface area contributed by atoms with Gasteiger partial charge in [-0.1, -0.05) is 29.8 Å². The van der Waals surface area contributed by atoms with Crippen LogP contribution in [-0.4, -0.2) is 17.7 Å². The molecule has 0 aliphatic carbocycles. The molecule has 0 unspecified atom stereocenters. The van der Waals surface area contributed by atoms with Crippen LogP contribution in [0.3, 0.4) is 0 Å². The molecule has 34 heavy (non-hydrogen) atoms. The summed E-state index contributed by atoms with van der Waals surface area (Å²) in [6.07, 6.45) is 1.77. The lowest BCUT2D eigenvalue weighted by Crippen LogP contribution is -2.19. The fourth-order valence-electron chi connectivity index (χ4n) is 3.28. The Hall–Kier alpha value is -3.29. The van der Waals surface area contributed by atoms with Crippen LogP contribution in [0.1, 0.15) is 23.6 Å². The van der Waals surface area contributed by atoms with E-state index < -0.39 is 0 Å². The fraction of sp³-hybridized carbons (Fsp3) is 0.154. The van der Waals surface area contributed by atoms with Crippen molar-refractivity contribution in [1.29, 1.82) is 0 Å². The van der Waals surface area contributed by atoms with Crippen LogP contribution in [0.25, 0.3) is 6.08 Å². The number of amidine groups is 1. The number of aliphatic imine (C=N–C) groups is 1. The number of carbonyl (C=O) groups is 1. The summed E-state index contributed by atoms with van der Waals surface area (Å²) in [7, 11) is 0. The smallest absolute Gasteiger partial charge is 0.264 e. The second-order valence-electron chi connectivity index (χ2n) is 7.47. The summed E-state index contributed by atoms with van der Waals surface area (Å²) in [6, 6.07) is 17.1. The van der Waals surface area contributed by atoms with Crippen molar-refractivity contribution < 1.29 is 18.7 Å². The number of rotatable bonds is 7. The Kier molecular flexibility index (Phi) is 7.55. The molecular weight excluding hydrogens is 475 g/mol. The summed E-state index contributed by atoms with van der Waals surface area (Å²) in [5, 5.41) is 3.93. The van der Waals surface area contributed by atoms with E-state index in [1.165, 1.54) is 23.9 Å². The third-order valence-corrected chi connectivity index (χ3v) is 6.03. The molecule has 0 atom stereocenters. The van der Waals surface area contributed by atoms with Gasteiger partial charge in [0.15, 0.2) is 16.7 Å². The van der Waals surface area contributed by atoms with Crippen LogP contribution in [0, 0.1) is 12.7 Å². The Balaban J connectivity index is 1.52. The Bertz CT molecular complexity index is 1290. The third kappa shape index (κ3) is 5.98. The standard InChI is InChI=1S/C26H22ClFN2O3S/c1-3-32-23-13-17(7-10-22(23)33-15-18-5-4-6-20(28)12-18)14-24-25(31)30-26(34-24)29-21-9-8-19(27)11-16(21)2/h4-14H,3,15H2,1-2H3,(H,29,30,31)/b24-14-. The molecule has 0 saturated carbocycles. The first-order valence-corrected chi connectivity index (χ1v) is 11.8. The number of hydrogen-bond acceptors (Lipinski definition) is 5. The molecule has 0 bridgehead atoms. The molecule has 0 aromatic heterocycles. The second kappa shape index (κ2) is 10.8. The number of nitrogens with one attached hydrogen (secondary N) is 1. The van der Waals surface area contributed by atoms with Crippen LogP contribution in [0.2, 0.25) is 5.02 Å². The molecule has 1 N–H and O–H groups in total. The summed E-state index contributed by atoms with van der Waals surface area (Å²) in [5.41, 5.74) is 3.16. The number of thioether (sulfide) groups is 1. The maximum atomic E-state index is 13.4. The Labute approximate surface area is 206 Å². The van der Waals surface area contributed by atoms with Gasteiger partial charge in [0.1, 0.15) is 12.4 Å². The summed E-state index contributed by atoms with van der Waals surface area (Å²) < 4.78 is 25.0. The van der Waals surface area contributed by atoms with E-state index in [2.05, 4.69) is 10.3 Å². The lowest BCUT2D eigenvalue weighted by Gasteiger charge is -2.13. The number of hydrogen-bond donors (Lipinski definition) is 1. The first kappa shape index (κ1) is 23.9. The predicted octanol–water partition coefficient (Wildman–Crippen LogP) is 6.66. The summed E-state index contributed by atoms with van der Waals surface area (Å²) in [6.45, 7) is 4.45. The number of nitrogens with zero attached hydrogens (tertiary/aromatic N) is 1. The topological polar surface area (TPSA) is 59.9 Å². The molecule has 1 aliphatic heterocycles. The quantitative estimate of drug-likeness (QED) is 0.372. The molecule has 174 valence electrons. The highest BCUT2D eigenvalue weighted by Crippen LogP contribution is 2.33. The Morgan fingerprint density at radius 1 is 1.09 bits per heavy atom. The minimum absolute atomic E-state index is 0.209. The van der Waals surface area contributed by atoms with E-state index in [4.69, 9.17) is 21.1 Å². The van der Waals surface area contributed by atoms with E-state index in [9.17, 15) is 9.18 Å². The van der Waals surface area contributed by atoms with Crippen LogP contribution in [0.15, 0.2) is 70.6 Å². The molecule has 3 aromatic rings. The van der Waals surface area contributed by atoms with Crippen molar-refractivity contribution in [3.05, 3.63) is 93.1 Å². The van der Waals surface area contributed by atoms with Gasteiger partial charge in [-0.3, -0.25) is 4.79 Å². The van der Waals surface area contributed by atoms with E-state index in [1.807, 2.05) is 38.1 Å². The third-order valence-electron chi connectivity index (χ3n) is 4.88. The molecule has 1 amide bonds. The van der Waals surface area contributed by atoms with Crippen molar-refractivity contribution in [2.45, 2.75) is 20.5 Å². The highest BCUT2D eigenvalue weighted by molar-refractivity contribution is 8.18. The van der Waals surface area contributed by atoms with E-state index in [-0.39, 0.29) is 18.3 Å². The zero-order valence-corrected chi connectivity index (χ0v) is 20.2. The lowest BCUT2D eigenvalue weighted by atomic mass is 10.2. The Morgan fingerprint density at radius 3 is 2.71 bits per heavy atom. The first-order chi connectivity index (χ1) is 16.4. The molecule has 3 aromatic carbocycles. The average Bonchev–Trinajstić information content (AvgIpc) is 3.14. The van der Waals surface area contributed by atoms with E-state index >= 15 is 0 Å². The van der Waals surface area contributed by atoms with Crippen molar-refractivity contribution in [1.82, 2.24) is 5.32 Å². The van der Waals surface area contributed by atoms with Crippen LogP contribution in [-0.2, 0) is 11.4 Å². The van der Waals surface area contributed by atoms with Gasteiger partial charge in [0.2, 0.25) is 0 Å². The molecule has 8 heteroatoms. The normalized spacial score (nSPS) is 15.6. The molecule has 4 rings (SSSR count). The van der Waals surface area contributed by atoms with Gasteiger partial charge in [-0.15, -0.1) is 0 Å². The highest BCUT2D eigenvalue weighted by atomic mass is 35.5. The predicted molar refractivity (Wildman–Crippen MR) is 135 cm³/mol. The van der Waals surface area contributed by atoms with Gasteiger partial charge in [0.05, 0.1) is 17.2 Å².